The van der Waals surface area contributed by atoms with Crippen molar-refractivity contribution >= 4 is 29.1 Å². The maximum atomic E-state index is 5.94. The van der Waals surface area contributed by atoms with Crippen molar-refractivity contribution in [2.75, 3.05) is 10.6 Å². The van der Waals surface area contributed by atoms with Gasteiger partial charge in [-0.2, -0.15) is 5.10 Å². The highest BCUT2D eigenvalue weighted by Crippen LogP contribution is 2.39. The van der Waals surface area contributed by atoms with E-state index in [1.165, 1.54) is 24.9 Å². The molecule has 128 valence electrons. The number of benzene rings is 1. The van der Waals surface area contributed by atoms with Crippen LogP contribution in [0.5, 0.6) is 0 Å². The van der Waals surface area contributed by atoms with Gasteiger partial charge in [-0.3, -0.25) is 5.10 Å². The van der Waals surface area contributed by atoms with Crippen molar-refractivity contribution < 1.29 is 0 Å². The zero-order valence-electron chi connectivity index (χ0n) is 13.8. The summed E-state index contributed by atoms with van der Waals surface area (Å²) >= 11 is 5.94. The van der Waals surface area contributed by atoms with E-state index in [-0.39, 0.29) is 6.04 Å². The highest BCUT2D eigenvalue weighted by atomic mass is 35.5. The highest BCUT2D eigenvalue weighted by Gasteiger charge is 2.25. The molecule has 2 heterocycles. The second kappa shape index (κ2) is 6.72. The minimum atomic E-state index is 0.104. The first-order valence-electron chi connectivity index (χ1n) is 8.34. The van der Waals surface area contributed by atoms with Crippen LogP contribution < -0.4 is 10.6 Å². The largest absolute Gasteiger partial charge is 0.363 e. The molecule has 1 saturated carbocycles. The van der Waals surface area contributed by atoms with Crippen molar-refractivity contribution in [3.8, 4) is 0 Å². The Bertz CT molecular complexity index is 856. The smallest absolute Gasteiger partial charge is 0.153 e. The van der Waals surface area contributed by atoms with Crippen LogP contribution in [-0.4, -0.2) is 20.2 Å². The van der Waals surface area contributed by atoms with E-state index in [1.807, 2.05) is 36.4 Å². The van der Waals surface area contributed by atoms with Gasteiger partial charge < -0.3 is 10.6 Å². The summed E-state index contributed by atoms with van der Waals surface area (Å²) in [5.41, 5.74) is 2.32. The Morgan fingerprint density at radius 3 is 2.60 bits per heavy atom. The van der Waals surface area contributed by atoms with Crippen LogP contribution in [-0.2, 0) is 0 Å². The normalized spacial score (nSPS) is 15.0. The Balaban J connectivity index is 1.44. The number of aromatic amines is 1. The van der Waals surface area contributed by atoms with E-state index in [1.54, 1.807) is 0 Å². The molecule has 1 aromatic carbocycles. The quantitative estimate of drug-likeness (QED) is 0.600. The molecule has 1 atom stereocenters. The van der Waals surface area contributed by atoms with Crippen LogP contribution >= 0.6 is 11.6 Å². The Morgan fingerprint density at radius 2 is 1.84 bits per heavy atom. The minimum Gasteiger partial charge on any atom is -0.363 e. The van der Waals surface area contributed by atoms with Crippen LogP contribution in [0.4, 0.5) is 17.5 Å². The lowest BCUT2D eigenvalue weighted by Crippen LogP contribution is -2.08. The van der Waals surface area contributed by atoms with E-state index in [4.69, 9.17) is 11.6 Å². The maximum Gasteiger partial charge on any atom is 0.153 e. The SMILES string of the molecule is CC(Nc1cc(Nc2cc(C3CC3)[nH]n2)ncn1)c1ccc(Cl)cc1. The summed E-state index contributed by atoms with van der Waals surface area (Å²) in [6, 6.07) is 11.8. The third kappa shape index (κ3) is 3.91. The van der Waals surface area contributed by atoms with Crippen molar-refractivity contribution in [2.24, 2.45) is 0 Å². The summed E-state index contributed by atoms with van der Waals surface area (Å²) in [4.78, 5) is 8.55. The van der Waals surface area contributed by atoms with E-state index in [9.17, 15) is 0 Å². The molecule has 1 fully saturated rings. The monoisotopic (exact) mass is 354 g/mol. The number of H-pyrrole nitrogens is 1. The molecule has 3 N–H and O–H groups in total. The number of anilines is 3. The summed E-state index contributed by atoms with van der Waals surface area (Å²) in [7, 11) is 0. The number of aromatic nitrogens is 4. The molecule has 0 radical (unpaired) electrons. The van der Waals surface area contributed by atoms with Gasteiger partial charge in [-0.25, -0.2) is 9.97 Å². The van der Waals surface area contributed by atoms with Crippen molar-refractivity contribution in [3.05, 3.63) is 59.0 Å². The molecule has 25 heavy (non-hydrogen) atoms. The van der Waals surface area contributed by atoms with Crippen LogP contribution in [0.25, 0.3) is 0 Å². The molecule has 3 aromatic rings. The van der Waals surface area contributed by atoms with Gasteiger partial charge in [0.05, 0.1) is 0 Å². The van der Waals surface area contributed by atoms with Crippen LogP contribution in [0.2, 0.25) is 5.02 Å². The zero-order chi connectivity index (χ0) is 17.2. The Labute approximate surface area is 151 Å². The van der Waals surface area contributed by atoms with Gasteiger partial charge in [0.25, 0.3) is 0 Å². The molecular weight excluding hydrogens is 336 g/mol. The average molecular weight is 355 g/mol. The first kappa shape index (κ1) is 15.9. The summed E-state index contributed by atoms with van der Waals surface area (Å²) in [6.07, 6.45) is 4.02. The molecule has 6 nitrogen and oxygen atoms in total. The molecular formula is C18H19ClN6. The van der Waals surface area contributed by atoms with Gasteiger partial charge in [-0.1, -0.05) is 23.7 Å². The fraction of sp³-hybridized carbons (Fsp3) is 0.278. The summed E-state index contributed by atoms with van der Waals surface area (Å²) < 4.78 is 0. The highest BCUT2D eigenvalue weighted by molar-refractivity contribution is 6.30. The lowest BCUT2D eigenvalue weighted by Gasteiger charge is -2.15. The topological polar surface area (TPSA) is 78.5 Å². The van der Waals surface area contributed by atoms with Gasteiger partial charge in [0.15, 0.2) is 5.82 Å². The number of halogens is 1. The summed E-state index contributed by atoms with van der Waals surface area (Å²) in [5, 5.41) is 14.7. The molecule has 0 spiro atoms. The minimum absolute atomic E-state index is 0.104. The van der Waals surface area contributed by atoms with Gasteiger partial charge in [-0.15, -0.1) is 0 Å². The lowest BCUT2D eigenvalue weighted by atomic mass is 10.1. The predicted molar refractivity (Wildman–Crippen MR) is 99.4 cm³/mol. The number of hydrogen-bond acceptors (Lipinski definition) is 5. The molecule has 0 saturated heterocycles. The van der Waals surface area contributed by atoms with Crippen molar-refractivity contribution in [3.63, 3.8) is 0 Å². The molecule has 0 aliphatic heterocycles. The second-order valence-electron chi connectivity index (χ2n) is 6.31. The van der Waals surface area contributed by atoms with Crippen LogP contribution in [0.15, 0.2) is 42.7 Å². The van der Waals surface area contributed by atoms with Gasteiger partial charge in [0.1, 0.15) is 18.0 Å². The van der Waals surface area contributed by atoms with E-state index < -0.39 is 0 Å². The fourth-order valence-electron chi connectivity index (χ4n) is 2.70. The molecule has 0 amide bonds. The van der Waals surface area contributed by atoms with Crippen molar-refractivity contribution in [2.45, 2.75) is 31.7 Å². The van der Waals surface area contributed by atoms with Gasteiger partial charge in [0, 0.05) is 34.8 Å². The van der Waals surface area contributed by atoms with E-state index in [0.29, 0.717) is 11.7 Å². The molecule has 1 aliphatic rings. The Kier molecular flexibility index (Phi) is 4.28. The second-order valence-corrected chi connectivity index (χ2v) is 6.75. The van der Waals surface area contributed by atoms with Gasteiger partial charge in [0.2, 0.25) is 0 Å². The zero-order valence-corrected chi connectivity index (χ0v) is 14.6. The van der Waals surface area contributed by atoms with Crippen LogP contribution in [0, 0.1) is 0 Å². The summed E-state index contributed by atoms with van der Waals surface area (Å²) in [6.45, 7) is 2.08. The third-order valence-electron chi connectivity index (χ3n) is 4.27. The number of rotatable bonds is 6. The molecule has 0 bridgehead atoms. The number of hydrogen-bond donors (Lipinski definition) is 3. The van der Waals surface area contributed by atoms with Crippen molar-refractivity contribution in [1.82, 2.24) is 20.2 Å². The third-order valence-corrected chi connectivity index (χ3v) is 4.52. The predicted octanol–water partition coefficient (Wildman–Crippen LogP) is 4.65. The average Bonchev–Trinajstić information content (AvgIpc) is 3.36. The number of nitrogens with one attached hydrogen (secondary N) is 3. The van der Waals surface area contributed by atoms with E-state index in [2.05, 4.69) is 37.7 Å². The first-order chi connectivity index (χ1) is 12.2. The van der Waals surface area contributed by atoms with E-state index >= 15 is 0 Å². The van der Waals surface area contributed by atoms with Crippen molar-refractivity contribution in [1.29, 1.82) is 0 Å². The molecule has 1 unspecified atom stereocenters. The maximum absolute atomic E-state index is 5.94. The summed E-state index contributed by atoms with van der Waals surface area (Å²) in [5.74, 6) is 2.87. The van der Waals surface area contributed by atoms with E-state index in [0.717, 1.165) is 22.2 Å². The Hall–Kier alpha value is -2.60. The first-order valence-corrected chi connectivity index (χ1v) is 8.71. The van der Waals surface area contributed by atoms with Crippen LogP contribution in [0.3, 0.4) is 0 Å². The Morgan fingerprint density at radius 1 is 1.08 bits per heavy atom. The molecule has 2 aromatic heterocycles. The standard InChI is InChI=1S/C18H19ClN6/c1-11(12-4-6-14(19)7-5-12)22-16-9-17(21-10-20-16)23-18-8-15(24-25-18)13-2-3-13/h4-11,13H,2-3H2,1H3,(H3,20,21,22,23,24,25). The van der Waals surface area contributed by atoms with Gasteiger partial charge in [-0.05, 0) is 37.5 Å². The van der Waals surface area contributed by atoms with Crippen LogP contribution in [0.1, 0.15) is 43.0 Å². The number of nitrogens with zero attached hydrogens (tertiary/aromatic N) is 3. The lowest BCUT2D eigenvalue weighted by molar-refractivity contribution is 0.872. The van der Waals surface area contributed by atoms with Gasteiger partial charge >= 0.3 is 0 Å². The molecule has 7 heteroatoms. The molecule has 4 rings (SSSR count). The fourth-order valence-corrected chi connectivity index (χ4v) is 2.82. The molecule has 1 aliphatic carbocycles.